The van der Waals surface area contributed by atoms with E-state index < -0.39 is 0 Å². The minimum absolute atomic E-state index is 0.0197. The van der Waals surface area contributed by atoms with E-state index in [9.17, 15) is 4.79 Å². The van der Waals surface area contributed by atoms with Crippen LogP contribution >= 0.6 is 11.3 Å². The molecule has 7 heteroatoms. The number of thiazole rings is 1. The summed E-state index contributed by atoms with van der Waals surface area (Å²) in [6.07, 6.45) is -0.0197. The SMILES string of the molecule is Cc1nc(COc2cccc(C(=O)NCC3CN(Cc4ccccc4)CCO3)c2)cs1. The molecule has 162 valence electrons. The van der Waals surface area contributed by atoms with Crippen LogP contribution in [0.3, 0.4) is 0 Å². The van der Waals surface area contributed by atoms with Gasteiger partial charge >= 0.3 is 0 Å². The number of morpholine rings is 1. The van der Waals surface area contributed by atoms with E-state index in [0.29, 0.717) is 31.1 Å². The highest BCUT2D eigenvalue weighted by Crippen LogP contribution is 2.17. The van der Waals surface area contributed by atoms with Gasteiger partial charge in [0.1, 0.15) is 12.4 Å². The van der Waals surface area contributed by atoms with Crippen LogP contribution in [0.15, 0.2) is 60.0 Å². The van der Waals surface area contributed by atoms with E-state index >= 15 is 0 Å². The molecule has 1 fully saturated rings. The summed E-state index contributed by atoms with van der Waals surface area (Å²) in [5, 5.41) is 6.00. The van der Waals surface area contributed by atoms with Crippen LogP contribution in [0.5, 0.6) is 5.75 Å². The van der Waals surface area contributed by atoms with Crippen LogP contribution in [0.1, 0.15) is 26.6 Å². The Balaban J connectivity index is 1.26. The molecule has 1 atom stereocenters. The van der Waals surface area contributed by atoms with Gasteiger partial charge in [0, 0.05) is 37.1 Å². The van der Waals surface area contributed by atoms with Crippen LogP contribution in [0, 0.1) is 6.92 Å². The van der Waals surface area contributed by atoms with Crippen LogP contribution in [0.2, 0.25) is 0 Å². The van der Waals surface area contributed by atoms with Gasteiger partial charge in [0.25, 0.3) is 5.91 Å². The van der Waals surface area contributed by atoms with E-state index in [1.165, 1.54) is 5.56 Å². The number of nitrogens with zero attached hydrogens (tertiary/aromatic N) is 2. The Bertz CT molecular complexity index is 992. The highest BCUT2D eigenvalue weighted by molar-refractivity contribution is 7.09. The fraction of sp³-hybridized carbons (Fsp3) is 0.333. The molecule has 0 saturated carbocycles. The number of benzene rings is 2. The first-order valence-corrected chi connectivity index (χ1v) is 11.3. The highest BCUT2D eigenvalue weighted by atomic mass is 32.1. The van der Waals surface area contributed by atoms with E-state index in [1.807, 2.05) is 30.5 Å². The Morgan fingerprint density at radius 2 is 2.13 bits per heavy atom. The number of hydrogen-bond acceptors (Lipinski definition) is 6. The van der Waals surface area contributed by atoms with Crippen LogP contribution < -0.4 is 10.1 Å². The summed E-state index contributed by atoms with van der Waals surface area (Å²) in [5.41, 5.74) is 2.76. The molecule has 2 heterocycles. The first-order valence-electron chi connectivity index (χ1n) is 10.5. The average molecular weight is 438 g/mol. The summed E-state index contributed by atoms with van der Waals surface area (Å²) in [6.45, 7) is 6.11. The molecule has 0 radical (unpaired) electrons. The van der Waals surface area contributed by atoms with Gasteiger partial charge in [0.15, 0.2) is 0 Å². The zero-order valence-corrected chi connectivity index (χ0v) is 18.4. The van der Waals surface area contributed by atoms with Crippen molar-refractivity contribution in [3.05, 3.63) is 81.8 Å². The van der Waals surface area contributed by atoms with Crippen molar-refractivity contribution in [1.29, 1.82) is 0 Å². The summed E-state index contributed by atoms with van der Waals surface area (Å²) < 4.78 is 11.7. The number of rotatable bonds is 8. The van der Waals surface area contributed by atoms with Crippen molar-refractivity contribution in [2.45, 2.75) is 26.2 Å². The second kappa shape index (κ2) is 10.5. The molecule has 1 N–H and O–H groups in total. The predicted octanol–water partition coefficient (Wildman–Crippen LogP) is 3.66. The minimum atomic E-state index is -0.126. The van der Waals surface area contributed by atoms with Crippen LogP contribution in [0.25, 0.3) is 0 Å². The zero-order chi connectivity index (χ0) is 21.5. The minimum Gasteiger partial charge on any atom is -0.487 e. The highest BCUT2D eigenvalue weighted by Gasteiger charge is 2.21. The van der Waals surface area contributed by atoms with Crippen LogP contribution in [-0.2, 0) is 17.9 Å². The maximum Gasteiger partial charge on any atom is 0.251 e. The lowest BCUT2D eigenvalue weighted by Crippen LogP contribution is -2.47. The molecule has 3 aromatic rings. The van der Waals surface area contributed by atoms with Crippen molar-refractivity contribution in [2.24, 2.45) is 0 Å². The number of ether oxygens (including phenoxy) is 2. The normalized spacial score (nSPS) is 16.7. The van der Waals surface area contributed by atoms with Gasteiger partial charge in [-0.2, -0.15) is 0 Å². The monoisotopic (exact) mass is 437 g/mol. The summed E-state index contributed by atoms with van der Waals surface area (Å²) in [6, 6.07) is 17.6. The second-order valence-corrected chi connectivity index (χ2v) is 8.66. The molecule has 2 aromatic carbocycles. The van der Waals surface area contributed by atoms with Gasteiger partial charge in [-0.15, -0.1) is 11.3 Å². The van der Waals surface area contributed by atoms with Crippen molar-refractivity contribution in [3.8, 4) is 5.75 Å². The van der Waals surface area contributed by atoms with Crippen LogP contribution in [0.4, 0.5) is 0 Å². The van der Waals surface area contributed by atoms with Gasteiger partial charge in [0.05, 0.1) is 23.4 Å². The van der Waals surface area contributed by atoms with Crippen molar-refractivity contribution in [3.63, 3.8) is 0 Å². The quantitative estimate of drug-likeness (QED) is 0.583. The Morgan fingerprint density at radius 1 is 1.26 bits per heavy atom. The van der Waals surface area contributed by atoms with Gasteiger partial charge in [0.2, 0.25) is 0 Å². The molecule has 1 aliphatic rings. The first-order chi connectivity index (χ1) is 15.2. The molecular weight excluding hydrogens is 410 g/mol. The third-order valence-corrected chi connectivity index (χ3v) is 5.93. The number of hydrogen-bond donors (Lipinski definition) is 1. The standard InChI is InChI=1S/C24H27N3O3S/c1-18-26-21(17-31-18)16-30-22-9-5-8-20(12-22)24(28)25-13-23-15-27(10-11-29-23)14-19-6-3-2-4-7-19/h2-9,12,17,23H,10-11,13-16H2,1H3,(H,25,28). The third kappa shape index (κ3) is 6.37. The number of amides is 1. The average Bonchev–Trinajstić information content (AvgIpc) is 3.22. The Morgan fingerprint density at radius 3 is 2.94 bits per heavy atom. The fourth-order valence-electron chi connectivity index (χ4n) is 3.56. The van der Waals surface area contributed by atoms with Gasteiger partial charge < -0.3 is 14.8 Å². The van der Waals surface area contributed by atoms with E-state index in [-0.39, 0.29) is 12.0 Å². The molecule has 6 nitrogen and oxygen atoms in total. The molecule has 31 heavy (non-hydrogen) atoms. The fourth-order valence-corrected chi connectivity index (χ4v) is 4.15. The van der Waals surface area contributed by atoms with Crippen molar-refractivity contribution >= 4 is 17.2 Å². The molecule has 4 rings (SSSR count). The maximum atomic E-state index is 12.6. The number of aryl methyl sites for hydroxylation is 1. The van der Waals surface area contributed by atoms with Gasteiger partial charge in [-0.3, -0.25) is 9.69 Å². The van der Waals surface area contributed by atoms with Gasteiger partial charge in [-0.1, -0.05) is 36.4 Å². The van der Waals surface area contributed by atoms with Gasteiger partial charge in [-0.05, 0) is 30.7 Å². The Labute approximate surface area is 186 Å². The summed E-state index contributed by atoms with van der Waals surface area (Å²) in [5.74, 6) is 0.528. The van der Waals surface area contributed by atoms with Crippen molar-refractivity contribution in [2.75, 3.05) is 26.2 Å². The van der Waals surface area contributed by atoms with Gasteiger partial charge in [-0.25, -0.2) is 4.98 Å². The lowest BCUT2D eigenvalue weighted by Gasteiger charge is -2.33. The van der Waals surface area contributed by atoms with E-state index in [4.69, 9.17) is 9.47 Å². The van der Waals surface area contributed by atoms with Crippen molar-refractivity contribution in [1.82, 2.24) is 15.2 Å². The molecule has 0 spiro atoms. The number of carbonyl (C=O) groups is 1. The third-order valence-electron chi connectivity index (χ3n) is 5.11. The van der Waals surface area contributed by atoms with E-state index in [2.05, 4.69) is 39.5 Å². The summed E-state index contributed by atoms with van der Waals surface area (Å²) >= 11 is 1.60. The number of nitrogens with one attached hydrogen (secondary N) is 1. The topological polar surface area (TPSA) is 63.7 Å². The first kappa shape index (κ1) is 21.5. The van der Waals surface area contributed by atoms with E-state index in [1.54, 1.807) is 23.5 Å². The maximum absolute atomic E-state index is 12.6. The molecular formula is C24H27N3O3S. The van der Waals surface area contributed by atoms with E-state index in [0.717, 1.165) is 30.3 Å². The molecule has 1 unspecified atom stereocenters. The largest absolute Gasteiger partial charge is 0.487 e. The van der Waals surface area contributed by atoms with Crippen LogP contribution in [-0.4, -0.2) is 48.1 Å². The lowest BCUT2D eigenvalue weighted by atomic mass is 10.1. The predicted molar refractivity (Wildman–Crippen MR) is 121 cm³/mol. The van der Waals surface area contributed by atoms with Crippen molar-refractivity contribution < 1.29 is 14.3 Å². The molecule has 0 aliphatic carbocycles. The second-order valence-electron chi connectivity index (χ2n) is 7.60. The Kier molecular flexibility index (Phi) is 7.30. The lowest BCUT2D eigenvalue weighted by molar-refractivity contribution is -0.0292. The molecule has 0 bridgehead atoms. The zero-order valence-electron chi connectivity index (χ0n) is 17.6. The molecule has 1 aliphatic heterocycles. The smallest absolute Gasteiger partial charge is 0.251 e. The molecule has 1 aromatic heterocycles. The number of aromatic nitrogens is 1. The number of carbonyl (C=O) groups excluding carboxylic acids is 1. The summed E-state index contributed by atoms with van der Waals surface area (Å²) in [7, 11) is 0. The Hall–Kier alpha value is -2.74. The summed E-state index contributed by atoms with van der Waals surface area (Å²) in [4.78, 5) is 19.4. The molecule has 1 amide bonds. The molecule has 1 saturated heterocycles.